The second-order valence-electron chi connectivity index (χ2n) is 18.5. The number of imidazole rings is 2. The summed E-state index contributed by atoms with van der Waals surface area (Å²) in [6.45, 7) is 4.34. The van der Waals surface area contributed by atoms with Gasteiger partial charge in [0.05, 0.1) is 61.3 Å². The number of nitrogens with zero attached hydrogens (tertiary/aromatic N) is 5. The number of hydrogen-bond acceptors (Lipinski definition) is 9. The zero-order valence-electron chi connectivity index (χ0n) is 42.9. The molecule has 78 heavy (non-hydrogen) atoms. The molecule has 4 aromatic heterocycles. The van der Waals surface area contributed by atoms with E-state index in [2.05, 4.69) is 15.0 Å². The normalized spacial score (nSPS) is 13.4. The first kappa shape index (κ1) is 55.9. The van der Waals surface area contributed by atoms with E-state index in [0.717, 1.165) is 49.8 Å². The van der Waals surface area contributed by atoms with Crippen molar-refractivity contribution in [2.45, 2.75) is 31.5 Å². The maximum Gasteiger partial charge on any atom is 0.334 e. The first-order chi connectivity index (χ1) is 37.4. The highest BCUT2D eigenvalue weighted by atomic mass is 35.5. The van der Waals surface area contributed by atoms with Gasteiger partial charge in [0.25, 0.3) is 5.56 Å². The van der Waals surface area contributed by atoms with Gasteiger partial charge in [0.15, 0.2) is 5.60 Å². The summed E-state index contributed by atoms with van der Waals surface area (Å²) in [6, 6.07) is 43.8. The van der Waals surface area contributed by atoms with Crippen LogP contribution < -0.4 is 16.9 Å². The number of H-pyrrole nitrogens is 1. The Bertz CT molecular complexity index is 4000. The lowest BCUT2D eigenvalue weighted by atomic mass is 9.80. The maximum absolute atomic E-state index is 13.6. The molecule has 0 radical (unpaired) electrons. The third-order valence-electron chi connectivity index (χ3n) is 13.5. The predicted molar refractivity (Wildman–Crippen MR) is 314 cm³/mol. The van der Waals surface area contributed by atoms with E-state index in [-0.39, 0.29) is 37.0 Å². The predicted octanol–water partition coefficient (Wildman–Crippen LogP) is 13.3. The number of aromatic nitrogens is 6. The number of nitrogens with two attached hydrogens (primary N) is 1. The van der Waals surface area contributed by atoms with E-state index < -0.39 is 18.7 Å². The monoisotopic (exact) mass is 1140 g/mol. The van der Waals surface area contributed by atoms with Crippen molar-refractivity contribution in [2.75, 3.05) is 19.4 Å². The number of aromatic amines is 1. The van der Waals surface area contributed by atoms with Crippen molar-refractivity contribution in [3.05, 3.63) is 257 Å². The highest BCUT2D eigenvalue weighted by Crippen LogP contribution is 2.48. The molecule has 0 aliphatic heterocycles. The van der Waals surface area contributed by atoms with Crippen molar-refractivity contribution in [2.24, 2.45) is 19.8 Å². The second kappa shape index (κ2) is 23.6. The van der Waals surface area contributed by atoms with Crippen LogP contribution in [0.4, 0.5) is 0 Å². The largest absolute Gasteiger partial charge is 0.374 e. The van der Waals surface area contributed by atoms with Crippen LogP contribution >= 0.6 is 54.0 Å². The molecule has 0 spiro atoms. The van der Waals surface area contributed by atoms with Crippen LogP contribution in [-0.2, 0) is 45.4 Å². The zero-order chi connectivity index (χ0) is 55.4. The van der Waals surface area contributed by atoms with E-state index >= 15 is 0 Å². The van der Waals surface area contributed by atoms with Crippen molar-refractivity contribution < 1.29 is 18.7 Å². The third kappa shape index (κ3) is 11.5. The average molecular weight is 1140 g/mol. The van der Waals surface area contributed by atoms with Gasteiger partial charge in [-0.15, -0.1) is 0 Å². The van der Waals surface area contributed by atoms with E-state index in [1.54, 1.807) is 115 Å². The molecule has 0 aliphatic rings. The molecule has 4 N–H and O–H groups in total. The molecule has 10 aromatic rings. The standard InChI is InChI=1S/C34H35Cl2N4O4P.C26H19Cl2N3O2/c1-4-43-45(42,44-5-2)18-7-6-17-40-31-16-13-26(20-30(31)29(21-33(40)41)24-9-8-10-28(36)19-24)34(37,32-22-38-23-39(32)3)25-11-14-27(35)15-12-25;1-31-15-29-14-24(31)26(33,17-5-8-19(27)9-6-17)18-7-10-23-22(12-18)21(13-25(32)30-23)16-3-2-4-20(28)11-16/h6-16,19-23H,4-5,17-18,37H2,1-3H3;2-15,33H,1H3,(H,30,32)/b7-6+;/t34-;/m1./s1. The van der Waals surface area contributed by atoms with Crippen molar-refractivity contribution in [1.29, 1.82) is 0 Å². The van der Waals surface area contributed by atoms with Crippen LogP contribution in [0, 0.1) is 0 Å². The number of aryl methyl sites for hydroxylation is 2. The first-order valence-electron chi connectivity index (χ1n) is 24.8. The molecule has 18 heteroatoms. The van der Waals surface area contributed by atoms with Crippen LogP contribution in [0.25, 0.3) is 44.1 Å². The minimum atomic E-state index is -3.25. The SMILES string of the molecule is CCOP(=O)(C/C=C/Cn1c(=O)cc(-c2cccc(Cl)c2)c2cc([C@](N)(c3ccc(Cl)cc3)c3cncn3C)ccc21)OCC.Cn1cncc1C(O)(c1ccc(Cl)cc1)c1ccc2[nH]c(=O)cc(-c3cccc(Cl)c3)c2c1. The van der Waals surface area contributed by atoms with Crippen molar-refractivity contribution >= 4 is 75.8 Å². The fourth-order valence-electron chi connectivity index (χ4n) is 9.78. The highest BCUT2D eigenvalue weighted by Gasteiger charge is 2.38. The number of nitrogens with one attached hydrogen (secondary N) is 1. The number of pyridine rings is 2. The summed E-state index contributed by atoms with van der Waals surface area (Å²) in [5.74, 6) is 0. The summed E-state index contributed by atoms with van der Waals surface area (Å²) in [5.41, 5.74) is 13.0. The molecule has 2 atom stereocenters. The number of benzene rings is 6. The van der Waals surface area contributed by atoms with Gasteiger partial charge in [0.2, 0.25) is 5.56 Å². The Morgan fingerprint density at radius 1 is 0.628 bits per heavy atom. The molecule has 10 rings (SSSR count). The molecule has 0 saturated heterocycles. The van der Waals surface area contributed by atoms with E-state index in [1.807, 2.05) is 110 Å². The van der Waals surface area contributed by atoms with Gasteiger partial charge in [0, 0.05) is 69.2 Å². The van der Waals surface area contributed by atoms with Crippen LogP contribution in [-0.4, -0.2) is 53.1 Å². The van der Waals surface area contributed by atoms with Crippen molar-refractivity contribution in [3.8, 4) is 22.3 Å². The third-order valence-corrected chi connectivity index (χ3v) is 16.4. The molecule has 13 nitrogen and oxygen atoms in total. The summed E-state index contributed by atoms with van der Waals surface area (Å²) in [4.78, 5) is 37.4. The molecule has 0 bridgehead atoms. The van der Waals surface area contributed by atoms with Gasteiger partial charge in [0.1, 0.15) is 5.54 Å². The van der Waals surface area contributed by atoms with Gasteiger partial charge >= 0.3 is 7.60 Å². The second-order valence-corrected chi connectivity index (χ2v) is 22.3. The van der Waals surface area contributed by atoms with Crippen molar-refractivity contribution in [3.63, 3.8) is 0 Å². The Hall–Kier alpha value is -6.87. The number of hydrogen-bond donors (Lipinski definition) is 3. The molecule has 0 amide bonds. The van der Waals surface area contributed by atoms with E-state index in [0.29, 0.717) is 47.9 Å². The van der Waals surface area contributed by atoms with Gasteiger partial charge in [-0.3, -0.25) is 14.2 Å². The lowest BCUT2D eigenvalue weighted by Gasteiger charge is -2.32. The zero-order valence-corrected chi connectivity index (χ0v) is 46.8. The van der Waals surface area contributed by atoms with Crippen LogP contribution in [0.15, 0.2) is 192 Å². The van der Waals surface area contributed by atoms with Crippen LogP contribution in [0.5, 0.6) is 0 Å². The average Bonchev–Trinajstić information content (AvgIpc) is 4.23. The lowest BCUT2D eigenvalue weighted by Crippen LogP contribution is -2.41. The van der Waals surface area contributed by atoms with Crippen LogP contribution in [0.1, 0.15) is 47.5 Å². The van der Waals surface area contributed by atoms with Gasteiger partial charge in [-0.2, -0.15) is 0 Å². The molecule has 0 saturated carbocycles. The number of halogens is 4. The topological polar surface area (TPSA) is 172 Å². The van der Waals surface area contributed by atoms with Gasteiger partial charge in [-0.25, -0.2) is 9.97 Å². The van der Waals surface area contributed by atoms with Crippen LogP contribution in [0.3, 0.4) is 0 Å². The summed E-state index contributed by atoms with van der Waals surface area (Å²) in [5, 5.41) is 16.1. The van der Waals surface area contributed by atoms with Crippen LogP contribution in [0.2, 0.25) is 20.1 Å². The summed E-state index contributed by atoms with van der Waals surface area (Å²) >= 11 is 25.0. The quantitative estimate of drug-likeness (QED) is 0.0629. The fourth-order valence-corrected chi connectivity index (χ4v) is 11.9. The van der Waals surface area contributed by atoms with E-state index in [4.69, 9.17) is 61.2 Å². The lowest BCUT2D eigenvalue weighted by molar-refractivity contribution is 0.117. The fraction of sp³-hybridized carbons (Fsp3) is 0.167. The molecule has 398 valence electrons. The summed E-state index contributed by atoms with van der Waals surface area (Å²) in [7, 11) is 0.479. The molecule has 4 heterocycles. The van der Waals surface area contributed by atoms with Gasteiger partial charge in [-0.05, 0) is 131 Å². The van der Waals surface area contributed by atoms with Gasteiger partial charge < -0.3 is 38.6 Å². The Balaban J connectivity index is 0.000000198. The maximum atomic E-state index is 13.6. The Kier molecular flexibility index (Phi) is 16.9. The Morgan fingerprint density at radius 2 is 1.17 bits per heavy atom. The Labute approximate surface area is 470 Å². The van der Waals surface area contributed by atoms with E-state index in [1.165, 1.54) is 0 Å². The smallest absolute Gasteiger partial charge is 0.334 e. The summed E-state index contributed by atoms with van der Waals surface area (Å²) in [6.07, 6.45) is 10.4. The molecule has 6 aromatic carbocycles. The molecule has 0 fully saturated rings. The van der Waals surface area contributed by atoms with E-state index in [9.17, 15) is 19.3 Å². The van der Waals surface area contributed by atoms with Gasteiger partial charge in [-0.1, -0.05) is 119 Å². The first-order valence-corrected chi connectivity index (χ1v) is 28.1. The molecule has 0 aliphatic carbocycles. The minimum absolute atomic E-state index is 0.105. The number of rotatable bonds is 16. The Morgan fingerprint density at radius 3 is 1.73 bits per heavy atom. The minimum Gasteiger partial charge on any atom is -0.374 e. The van der Waals surface area contributed by atoms with Crippen molar-refractivity contribution in [1.82, 2.24) is 28.7 Å². The summed E-state index contributed by atoms with van der Waals surface area (Å²) < 4.78 is 29.1. The number of aliphatic hydroxyl groups is 1. The highest BCUT2D eigenvalue weighted by molar-refractivity contribution is 7.54. The molecular formula is C60H54Cl4N7O6P. The number of fused-ring (bicyclic) bond motifs is 2. The molecule has 1 unspecified atom stereocenters. The molecular weight excluding hydrogens is 1090 g/mol. The number of allylic oxidation sites excluding steroid dienone is 2.